The number of carboxylic acid groups (broad SMARTS) is 1. The van der Waals surface area contributed by atoms with E-state index >= 15 is 0 Å². The first-order valence-corrected chi connectivity index (χ1v) is 9.10. The average Bonchev–Trinajstić information content (AvgIpc) is 3.10. The molecule has 25 heavy (non-hydrogen) atoms. The fourth-order valence-corrected chi connectivity index (χ4v) is 2.98. The number of benzene rings is 1. The van der Waals surface area contributed by atoms with Gasteiger partial charge in [-0.15, -0.1) is 11.3 Å². The number of hydrogen-bond acceptors (Lipinski definition) is 5. The first-order chi connectivity index (χ1) is 12.1. The van der Waals surface area contributed by atoms with E-state index in [0.717, 1.165) is 30.4 Å². The molecule has 2 N–H and O–H groups in total. The van der Waals surface area contributed by atoms with Crippen LogP contribution in [0.3, 0.4) is 0 Å². The number of carbonyl (C=O) groups is 2. The quantitative estimate of drug-likeness (QED) is 0.633. The Kier molecular flexibility index (Phi) is 7.56. The first kappa shape index (κ1) is 19.1. The second-order valence-corrected chi connectivity index (χ2v) is 6.44. The maximum absolute atomic E-state index is 11.8. The Bertz CT molecular complexity index is 715. The molecular formula is C18H22N2O4S. The molecule has 1 amide bonds. The van der Waals surface area contributed by atoms with Gasteiger partial charge in [-0.25, -0.2) is 9.78 Å². The highest BCUT2D eigenvalue weighted by Gasteiger charge is 2.10. The van der Waals surface area contributed by atoms with E-state index in [9.17, 15) is 9.59 Å². The number of carbonyl (C=O) groups excluding carboxylic acids is 1. The third-order valence-corrected chi connectivity index (χ3v) is 4.40. The van der Waals surface area contributed by atoms with Gasteiger partial charge in [0.1, 0.15) is 11.6 Å². The lowest BCUT2D eigenvalue weighted by Crippen LogP contribution is -2.27. The van der Waals surface area contributed by atoms with Crippen molar-refractivity contribution in [3.8, 4) is 10.6 Å². The minimum atomic E-state index is -1.04. The third kappa shape index (κ3) is 6.28. The summed E-state index contributed by atoms with van der Waals surface area (Å²) in [5, 5.41) is 13.9. The number of hydrogen-bond donors (Lipinski definition) is 2. The molecule has 0 aliphatic carbocycles. The molecule has 0 bridgehead atoms. The number of aromatic carboxylic acids is 1. The van der Waals surface area contributed by atoms with E-state index in [1.165, 1.54) is 16.7 Å². The van der Waals surface area contributed by atoms with Gasteiger partial charge in [0.05, 0.1) is 0 Å². The zero-order valence-electron chi connectivity index (χ0n) is 14.2. The van der Waals surface area contributed by atoms with Crippen molar-refractivity contribution in [2.45, 2.75) is 32.7 Å². The van der Waals surface area contributed by atoms with E-state index in [-0.39, 0.29) is 18.2 Å². The predicted octanol–water partition coefficient (Wildman–Crippen LogP) is 3.33. The number of thiazole rings is 1. The summed E-state index contributed by atoms with van der Waals surface area (Å²) in [6.07, 6.45) is 3.20. The summed E-state index contributed by atoms with van der Waals surface area (Å²) in [5.74, 6) is -1.19. The Labute approximate surface area is 150 Å². The second kappa shape index (κ2) is 9.90. The average molecular weight is 362 g/mol. The number of amides is 1. The predicted molar refractivity (Wildman–Crippen MR) is 96.7 cm³/mol. The lowest BCUT2D eigenvalue weighted by Gasteiger charge is -2.07. The molecule has 0 atom stereocenters. The number of nitrogens with zero attached hydrogens (tertiary/aromatic N) is 1. The second-order valence-electron chi connectivity index (χ2n) is 5.58. The van der Waals surface area contributed by atoms with Crippen LogP contribution in [0.1, 0.15) is 42.2 Å². The van der Waals surface area contributed by atoms with Crippen LogP contribution in [0.25, 0.3) is 10.6 Å². The Morgan fingerprint density at radius 3 is 2.88 bits per heavy atom. The molecule has 0 fully saturated rings. The summed E-state index contributed by atoms with van der Waals surface area (Å²) >= 11 is 1.28. The van der Waals surface area contributed by atoms with Crippen LogP contribution in [0.5, 0.6) is 0 Å². The smallest absolute Gasteiger partial charge is 0.355 e. The van der Waals surface area contributed by atoms with Crippen molar-refractivity contribution in [3.63, 3.8) is 0 Å². The highest BCUT2D eigenvalue weighted by molar-refractivity contribution is 7.13. The fraction of sp³-hybridized carbons (Fsp3) is 0.389. The Morgan fingerprint density at radius 1 is 1.32 bits per heavy atom. The minimum absolute atomic E-state index is 0.0407. The maximum Gasteiger partial charge on any atom is 0.355 e. The fourth-order valence-electron chi connectivity index (χ4n) is 2.19. The first-order valence-electron chi connectivity index (χ1n) is 8.22. The van der Waals surface area contributed by atoms with Crippen LogP contribution in [0.2, 0.25) is 0 Å². The molecule has 2 rings (SSSR count). The van der Waals surface area contributed by atoms with Gasteiger partial charge in [0.25, 0.3) is 0 Å². The van der Waals surface area contributed by atoms with Crippen LogP contribution in [0, 0.1) is 0 Å². The van der Waals surface area contributed by atoms with Crippen LogP contribution in [-0.2, 0) is 16.1 Å². The molecule has 0 spiro atoms. The molecule has 0 saturated heterocycles. The summed E-state index contributed by atoms with van der Waals surface area (Å²) in [5.41, 5.74) is 1.79. The van der Waals surface area contributed by atoms with E-state index in [2.05, 4.69) is 17.2 Å². The molecule has 7 heteroatoms. The Morgan fingerprint density at radius 2 is 2.16 bits per heavy atom. The minimum Gasteiger partial charge on any atom is -0.476 e. The van der Waals surface area contributed by atoms with E-state index in [1.54, 1.807) is 0 Å². The molecule has 1 aromatic carbocycles. The van der Waals surface area contributed by atoms with Gasteiger partial charge in [-0.3, -0.25) is 4.79 Å². The standard InChI is InChI=1S/C18H22N2O4S/c1-2-3-4-8-24-11-16(21)19-10-13-6-5-7-14(9-13)17-20-15(12-25-17)18(22)23/h5-7,9,12H,2-4,8,10-11H2,1H3,(H,19,21)(H,22,23). The summed E-state index contributed by atoms with van der Waals surface area (Å²) in [6.45, 7) is 3.18. The van der Waals surface area contributed by atoms with E-state index in [0.29, 0.717) is 18.2 Å². The van der Waals surface area contributed by atoms with Gasteiger partial charge in [-0.2, -0.15) is 0 Å². The Hall–Kier alpha value is -2.25. The highest BCUT2D eigenvalue weighted by Crippen LogP contribution is 2.24. The maximum atomic E-state index is 11.8. The third-order valence-electron chi connectivity index (χ3n) is 3.51. The molecule has 0 radical (unpaired) electrons. The molecule has 1 aromatic heterocycles. The van der Waals surface area contributed by atoms with Crippen molar-refractivity contribution >= 4 is 23.2 Å². The van der Waals surface area contributed by atoms with Gasteiger partial charge in [0, 0.05) is 24.1 Å². The molecule has 134 valence electrons. The zero-order valence-corrected chi connectivity index (χ0v) is 15.0. The molecule has 1 heterocycles. The van der Waals surface area contributed by atoms with Crippen molar-refractivity contribution in [1.29, 1.82) is 0 Å². The number of unbranched alkanes of at least 4 members (excludes halogenated alkanes) is 2. The van der Waals surface area contributed by atoms with Gasteiger partial charge in [-0.05, 0) is 18.1 Å². The van der Waals surface area contributed by atoms with Crippen molar-refractivity contribution in [3.05, 3.63) is 40.9 Å². The van der Waals surface area contributed by atoms with E-state index in [4.69, 9.17) is 9.84 Å². The lowest BCUT2D eigenvalue weighted by molar-refractivity contribution is -0.125. The van der Waals surface area contributed by atoms with Gasteiger partial charge < -0.3 is 15.2 Å². The molecule has 0 unspecified atom stereocenters. The van der Waals surface area contributed by atoms with Gasteiger partial charge >= 0.3 is 5.97 Å². The van der Waals surface area contributed by atoms with Gasteiger partial charge in [-0.1, -0.05) is 38.0 Å². The van der Waals surface area contributed by atoms with Crippen LogP contribution < -0.4 is 5.32 Å². The summed E-state index contributed by atoms with van der Waals surface area (Å²) in [6, 6.07) is 7.52. The molecule has 0 saturated carbocycles. The monoisotopic (exact) mass is 362 g/mol. The van der Waals surface area contributed by atoms with Gasteiger partial charge in [0.2, 0.25) is 5.91 Å². The number of nitrogens with one attached hydrogen (secondary N) is 1. The molecule has 6 nitrogen and oxygen atoms in total. The summed E-state index contributed by atoms with van der Waals surface area (Å²) < 4.78 is 5.33. The number of rotatable bonds is 10. The number of aromatic nitrogens is 1. The molecular weight excluding hydrogens is 340 g/mol. The van der Waals surface area contributed by atoms with Crippen LogP contribution >= 0.6 is 11.3 Å². The summed E-state index contributed by atoms with van der Waals surface area (Å²) in [4.78, 5) is 26.8. The van der Waals surface area contributed by atoms with E-state index < -0.39 is 5.97 Å². The van der Waals surface area contributed by atoms with E-state index in [1.807, 2.05) is 24.3 Å². The SMILES string of the molecule is CCCCCOCC(=O)NCc1cccc(-c2nc(C(=O)O)cs2)c1. The Balaban J connectivity index is 1.84. The van der Waals surface area contributed by atoms with Crippen molar-refractivity contribution < 1.29 is 19.4 Å². The van der Waals surface area contributed by atoms with Crippen molar-refractivity contribution in [1.82, 2.24) is 10.3 Å². The summed E-state index contributed by atoms with van der Waals surface area (Å²) in [7, 11) is 0. The number of carboxylic acids is 1. The van der Waals surface area contributed by atoms with Gasteiger partial charge in [0.15, 0.2) is 5.69 Å². The molecule has 0 aliphatic heterocycles. The lowest BCUT2D eigenvalue weighted by atomic mass is 10.1. The molecule has 0 aliphatic rings. The largest absolute Gasteiger partial charge is 0.476 e. The highest BCUT2D eigenvalue weighted by atomic mass is 32.1. The van der Waals surface area contributed by atoms with Crippen molar-refractivity contribution in [2.75, 3.05) is 13.2 Å². The van der Waals surface area contributed by atoms with Crippen molar-refractivity contribution in [2.24, 2.45) is 0 Å². The topological polar surface area (TPSA) is 88.5 Å². The van der Waals surface area contributed by atoms with Crippen LogP contribution in [0.4, 0.5) is 0 Å². The normalized spacial score (nSPS) is 10.6. The van der Waals surface area contributed by atoms with Crippen LogP contribution in [-0.4, -0.2) is 35.2 Å². The molecule has 2 aromatic rings. The van der Waals surface area contributed by atoms with Crippen LogP contribution in [0.15, 0.2) is 29.6 Å². The zero-order chi connectivity index (χ0) is 18.1. The number of ether oxygens (including phenoxy) is 1.